The molecule has 5 heteroatoms. The first-order valence-corrected chi connectivity index (χ1v) is 5.07. The van der Waals surface area contributed by atoms with Crippen LogP contribution in [0.3, 0.4) is 0 Å². The molecule has 0 spiro atoms. The van der Waals surface area contributed by atoms with Crippen LogP contribution in [-0.2, 0) is 4.74 Å². The summed E-state index contributed by atoms with van der Waals surface area (Å²) in [6, 6.07) is 2.61. The van der Waals surface area contributed by atoms with E-state index >= 15 is 0 Å². The van der Waals surface area contributed by atoms with Crippen molar-refractivity contribution in [1.29, 1.82) is 0 Å². The van der Waals surface area contributed by atoms with Gasteiger partial charge in [-0.2, -0.15) is 0 Å². The summed E-state index contributed by atoms with van der Waals surface area (Å²) in [6.45, 7) is 5.15. The minimum atomic E-state index is -0.801. The van der Waals surface area contributed by atoms with Crippen molar-refractivity contribution >= 4 is 23.3 Å². The zero-order chi connectivity index (χ0) is 12.5. The van der Waals surface area contributed by atoms with E-state index in [1.54, 1.807) is 20.8 Å². The smallest absolute Gasteiger partial charge is 0.340 e. The number of nitrogen functional groups attached to an aromatic ring is 1. The van der Waals surface area contributed by atoms with Gasteiger partial charge in [-0.05, 0) is 32.9 Å². The summed E-state index contributed by atoms with van der Waals surface area (Å²) < 4.78 is 18.4. The molecule has 2 N–H and O–H groups in total. The van der Waals surface area contributed by atoms with Crippen LogP contribution >= 0.6 is 11.6 Å². The zero-order valence-electron chi connectivity index (χ0n) is 9.30. The van der Waals surface area contributed by atoms with E-state index in [2.05, 4.69) is 0 Å². The second-order valence-electron chi connectivity index (χ2n) is 4.32. The first-order chi connectivity index (χ1) is 7.22. The first-order valence-electron chi connectivity index (χ1n) is 4.69. The van der Waals surface area contributed by atoms with Crippen LogP contribution < -0.4 is 5.73 Å². The molecule has 0 bridgehead atoms. The number of anilines is 1. The highest BCUT2D eigenvalue weighted by atomic mass is 35.5. The topological polar surface area (TPSA) is 52.3 Å². The maximum Gasteiger partial charge on any atom is 0.340 e. The van der Waals surface area contributed by atoms with Crippen LogP contribution in [0.25, 0.3) is 0 Å². The normalized spacial score (nSPS) is 11.3. The molecule has 0 atom stereocenters. The van der Waals surface area contributed by atoms with Gasteiger partial charge in [-0.25, -0.2) is 9.18 Å². The Morgan fingerprint density at radius 3 is 2.50 bits per heavy atom. The molecule has 1 aromatic rings. The molecule has 0 aliphatic heterocycles. The lowest BCUT2D eigenvalue weighted by molar-refractivity contribution is 0.00704. The van der Waals surface area contributed by atoms with Crippen LogP contribution in [0.5, 0.6) is 0 Å². The van der Waals surface area contributed by atoms with E-state index in [9.17, 15) is 9.18 Å². The Morgan fingerprint density at radius 2 is 2.00 bits per heavy atom. The van der Waals surface area contributed by atoms with Crippen molar-refractivity contribution in [2.24, 2.45) is 0 Å². The van der Waals surface area contributed by atoms with Crippen LogP contribution in [0, 0.1) is 5.82 Å². The molecule has 0 saturated carbocycles. The molecule has 0 amide bonds. The minimum absolute atomic E-state index is 0.0168. The lowest BCUT2D eigenvalue weighted by Gasteiger charge is -2.20. The summed E-state index contributed by atoms with van der Waals surface area (Å²) in [4.78, 5) is 11.6. The molecule has 0 fully saturated rings. The molecule has 0 saturated heterocycles. The highest BCUT2D eigenvalue weighted by molar-refractivity contribution is 6.31. The second kappa shape index (κ2) is 4.29. The lowest BCUT2D eigenvalue weighted by atomic mass is 10.1. The van der Waals surface area contributed by atoms with Crippen molar-refractivity contribution in [2.45, 2.75) is 26.4 Å². The number of halogens is 2. The maximum absolute atomic E-state index is 13.3. The van der Waals surface area contributed by atoms with E-state index in [4.69, 9.17) is 22.1 Å². The second-order valence-corrected chi connectivity index (χ2v) is 4.73. The largest absolute Gasteiger partial charge is 0.456 e. The van der Waals surface area contributed by atoms with Gasteiger partial charge in [-0.15, -0.1) is 0 Å². The van der Waals surface area contributed by atoms with Gasteiger partial charge in [0.05, 0.1) is 16.3 Å². The van der Waals surface area contributed by atoms with E-state index in [0.29, 0.717) is 0 Å². The van der Waals surface area contributed by atoms with Gasteiger partial charge < -0.3 is 10.5 Å². The summed E-state index contributed by atoms with van der Waals surface area (Å²) in [7, 11) is 0. The lowest BCUT2D eigenvalue weighted by Crippen LogP contribution is -2.24. The van der Waals surface area contributed by atoms with Crippen molar-refractivity contribution in [3.8, 4) is 0 Å². The Kier molecular flexibility index (Phi) is 3.43. The van der Waals surface area contributed by atoms with E-state index in [1.807, 2.05) is 0 Å². The molecule has 0 aliphatic carbocycles. The molecular formula is C11H13ClFNO2. The summed E-state index contributed by atoms with van der Waals surface area (Å²) in [5.41, 5.74) is 4.48. The van der Waals surface area contributed by atoms with Crippen molar-refractivity contribution in [1.82, 2.24) is 0 Å². The fraction of sp³-hybridized carbons (Fsp3) is 0.364. The molecule has 0 radical (unpaired) electrons. The quantitative estimate of drug-likeness (QED) is 0.611. The van der Waals surface area contributed by atoms with Gasteiger partial charge >= 0.3 is 5.97 Å². The molecule has 1 rings (SSSR count). The van der Waals surface area contributed by atoms with Crippen molar-refractivity contribution in [3.05, 3.63) is 28.5 Å². The average Bonchev–Trinajstić information content (AvgIpc) is 2.11. The van der Waals surface area contributed by atoms with Gasteiger partial charge in [0.2, 0.25) is 0 Å². The molecule has 0 heterocycles. The van der Waals surface area contributed by atoms with E-state index in [0.717, 1.165) is 0 Å². The molecular weight excluding hydrogens is 233 g/mol. The van der Waals surface area contributed by atoms with Gasteiger partial charge in [-0.1, -0.05) is 11.6 Å². The molecule has 88 valence electrons. The van der Waals surface area contributed by atoms with Crippen LogP contribution in [-0.4, -0.2) is 11.6 Å². The van der Waals surface area contributed by atoms with Crippen LogP contribution in [0.15, 0.2) is 12.1 Å². The Morgan fingerprint density at radius 1 is 1.44 bits per heavy atom. The third-order valence-corrected chi connectivity index (χ3v) is 2.04. The molecule has 16 heavy (non-hydrogen) atoms. The summed E-state index contributed by atoms with van der Waals surface area (Å²) in [5.74, 6) is -1.47. The maximum atomic E-state index is 13.3. The van der Waals surface area contributed by atoms with Gasteiger partial charge in [0.15, 0.2) is 5.82 Å². The summed E-state index contributed by atoms with van der Waals surface area (Å²) >= 11 is 5.52. The molecule has 0 unspecified atom stereocenters. The zero-order valence-corrected chi connectivity index (χ0v) is 10.1. The minimum Gasteiger partial charge on any atom is -0.456 e. The van der Waals surface area contributed by atoms with Gasteiger partial charge in [0.1, 0.15) is 5.60 Å². The number of rotatable bonds is 1. The van der Waals surface area contributed by atoms with Crippen LogP contribution in [0.4, 0.5) is 10.1 Å². The third-order valence-electron chi connectivity index (χ3n) is 1.75. The van der Waals surface area contributed by atoms with E-state index in [-0.39, 0.29) is 16.3 Å². The fourth-order valence-corrected chi connectivity index (χ4v) is 1.24. The SMILES string of the molecule is CC(C)(C)OC(=O)c1ccc(Cl)c(F)c1N. The van der Waals surface area contributed by atoms with Crippen LogP contribution in [0.2, 0.25) is 5.02 Å². The monoisotopic (exact) mass is 245 g/mol. The van der Waals surface area contributed by atoms with E-state index in [1.165, 1.54) is 12.1 Å². The van der Waals surface area contributed by atoms with Crippen molar-refractivity contribution in [3.63, 3.8) is 0 Å². The molecule has 1 aromatic carbocycles. The Balaban J connectivity index is 3.06. The third kappa shape index (κ3) is 2.85. The fourth-order valence-electron chi connectivity index (χ4n) is 1.08. The van der Waals surface area contributed by atoms with Crippen molar-refractivity contribution in [2.75, 3.05) is 5.73 Å². The standard InChI is InChI=1S/C11H13ClFNO2/c1-11(2,3)16-10(15)6-4-5-7(12)8(13)9(6)14/h4-5H,14H2,1-3H3. The number of hydrogen-bond donors (Lipinski definition) is 1. The molecule has 0 aromatic heterocycles. The first kappa shape index (κ1) is 12.8. The number of carbonyl (C=O) groups is 1. The van der Waals surface area contributed by atoms with E-state index < -0.39 is 17.4 Å². The van der Waals surface area contributed by atoms with Crippen LogP contribution in [0.1, 0.15) is 31.1 Å². The Bertz CT molecular complexity index is 427. The van der Waals surface area contributed by atoms with Gasteiger partial charge in [0, 0.05) is 0 Å². The summed E-state index contributed by atoms with van der Waals surface area (Å²) in [6.07, 6.45) is 0. The Labute approximate surface area is 98.3 Å². The number of hydrogen-bond acceptors (Lipinski definition) is 3. The predicted octanol–water partition coefficient (Wildman–Crippen LogP) is 3.02. The molecule has 0 aliphatic rings. The number of benzene rings is 1. The van der Waals surface area contributed by atoms with Gasteiger partial charge in [0.25, 0.3) is 0 Å². The summed E-state index contributed by atoms with van der Waals surface area (Å²) in [5, 5.41) is -0.121. The van der Waals surface area contributed by atoms with Crippen molar-refractivity contribution < 1.29 is 13.9 Å². The molecule has 3 nitrogen and oxygen atoms in total. The average molecular weight is 246 g/mol. The van der Waals surface area contributed by atoms with Gasteiger partial charge in [-0.3, -0.25) is 0 Å². The Hall–Kier alpha value is -1.29. The predicted molar refractivity (Wildman–Crippen MR) is 61.0 cm³/mol. The highest BCUT2D eigenvalue weighted by Crippen LogP contribution is 2.25. The number of nitrogens with two attached hydrogens (primary N) is 1. The number of carbonyl (C=O) groups excluding carboxylic acids is 1. The highest BCUT2D eigenvalue weighted by Gasteiger charge is 2.21. The number of esters is 1. The number of ether oxygens (including phenoxy) is 1.